The van der Waals surface area contributed by atoms with Crippen LogP contribution in [0.25, 0.3) is 0 Å². The van der Waals surface area contributed by atoms with Crippen molar-refractivity contribution in [1.29, 1.82) is 0 Å². The first kappa shape index (κ1) is 16.2. The standard InChI is InChI=1S/C13H22N4O3/c14-6-4-2-1-3-5-12(18)17-11(13(19)20)7-10-8-15-9-16-10/h8-9,11H,1-7,14H2,(H,15,16)(H,17,18)(H,19,20). The van der Waals surface area contributed by atoms with Gasteiger partial charge in [-0.05, 0) is 19.4 Å². The van der Waals surface area contributed by atoms with Crippen LogP contribution in [0, 0.1) is 0 Å². The van der Waals surface area contributed by atoms with Crippen molar-refractivity contribution in [2.75, 3.05) is 6.54 Å². The average molecular weight is 282 g/mol. The third kappa shape index (κ3) is 6.33. The molecule has 0 saturated heterocycles. The lowest BCUT2D eigenvalue weighted by molar-refractivity contribution is -0.141. The van der Waals surface area contributed by atoms with Gasteiger partial charge in [0.2, 0.25) is 5.91 Å². The summed E-state index contributed by atoms with van der Waals surface area (Å²) in [5, 5.41) is 11.6. The summed E-state index contributed by atoms with van der Waals surface area (Å²) in [5.74, 6) is -1.28. The fourth-order valence-electron chi connectivity index (χ4n) is 1.87. The molecule has 5 N–H and O–H groups in total. The number of carboxylic acids is 1. The first-order valence-electron chi connectivity index (χ1n) is 6.83. The van der Waals surface area contributed by atoms with Crippen molar-refractivity contribution < 1.29 is 14.7 Å². The Morgan fingerprint density at radius 3 is 2.70 bits per heavy atom. The molecule has 112 valence electrons. The second-order valence-electron chi connectivity index (χ2n) is 4.69. The number of carboxylic acid groups (broad SMARTS) is 1. The maximum absolute atomic E-state index is 11.7. The van der Waals surface area contributed by atoms with Gasteiger partial charge in [0.05, 0.1) is 6.33 Å². The van der Waals surface area contributed by atoms with Crippen molar-refractivity contribution in [3.05, 3.63) is 18.2 Å². The van der Waals surface area contributed by atoms with Crippen molar-refractivity contribution in [3.63, 3.8) is 0 Å². The number of hydrogen-bond acceptors (Lipinski definition) is 4. The smallest absolute Gasteiger partial charge is 0.326 e. The van der Waals surface area contributed by atoms with Crippen LogP contribution in [-0.4, -0.2) is 39.5 Å². The first-order chi connectivity index (χ1) is 9.63. The molecular weight excluding hydrogens is 260 g/mol. The van der Waals surface area contributed by atoms with Gasteiger partial charge in [0.15, 0.2) is 0 Å². The van der Waals surface area contributed by atoms with Crippen LogP contribution in [0.2, 0.25) is 0 Å². The maximum atomic E-state index is 11.7. The second kappa shape index (κ2) is 9.08. The Bertz CT molecular complexity index is 406. The van der Waals surface area contributed by atoms with Gasteiger partial charge in [0, 0.05) is 24.7 Å². The van der Waals surface area contributed by atoms with Crippen LogP contribution in [-0.2, 0) is 16.0 Å². The van der Waals surface area contributed by atoms with Crippen LogP contribution < -0.4 is 11.1 Å². The van der Waals surface area contributed by atoms with Crippen molar-refractivity contribution in [2.45, 2.75) is 44.6 Å². The third-order valence-corrected chi connectivity index (χ3v) is 2.97. The Labute approximate surface area is 118 Å². The van der Waals surface area contributed by atoms with Crippen LogP contribution in [0.5, 0.6) is 0 Å². The molecule has 0 spiro atoms. The number of unbranched alkanes of at least 4 members (excludes halogenated alkanes) is 3. The van der Waals surface area contributed by atoms with Crippen molar-refractivity contribution in [1.82, 2.24) is 15.3 Å². The normalized spacial score (nSPS) is 12.1. The zero-order valence-electron chi connectivity index (χ0n) is 11.5. The lowest BCUT2D eigenvalue weighted by Gasteiger charge is -2.13. The fraction of sp³-hybridized carbons (Fsp3) is 0.615. The highest BCUT2D eigenvalue weighted by atomic mass is 16.4. The molecule has 0 aromatic carbocycles. The Morgan fingerprint density at radius 2 is 2.10 bits per heavy atom. The van der Waals surface area contributed by atoms with Gasteiger partial charge in [-0.3, -0.25) is 4.79 Å². The van der Waals surface area contributed by atoms with Gasteiger partial charge < -0.3 is 21.1 Å². The number of nitrogens with two attached hydrogens (primary N) is 1. The number of imidazole rings is 1. The molecule has 0 aliphatic heterocycles. The van der Waals surface area contributed by atoms with Crippen molar-refractivity contribution in [2.24, 2.45) is 5.73 Å². The van der Waals surface area contributed by atoms with E-state index in [1.165, 1.54) is 6.33 Å². The summed E-state index contributed by atoms with van der Waals surface area (Å²) in [6.45, 7) is 0.664. The highest BCUT2D eigenvalue weighted by Crippen LogP contribution is 2.04. The molecule has 1 unspecified atom stereocenters. The minimum atomic E-state index is -1.05. The summed E-state index contributed by atoms with van der Waals surface area (Å²) < 4.78 is 0. The molecule has 7 heteroatoms. The number of aromatic amines is 1. The zero-order chi connectivity index (χ0) is 14.8. The van der Waals surface area contributed by atoms with E-state index >= 15 is 0 Å². The first-order valence-corrected chi connectivity index (χ1v) is 6.83. The number of nitrogens with one attached hydrogen (secondary N) is 2. The molecule has 20 heavy (non-hydrogen) atoms. The number of nitrogens with zero attached hydrogens (tertiary/aromatic N) is 1. The lowest BCUT2D eigenvalue weighted by atomic mass is 10.1. The van der Waals surface area contributed by atoms with Gasteiger partial charge >= 0.3 is 5.97 Å². The summed E-state index contributed by atoms with van der Waals surface area (Å²) >= 11 is 0. The number of rotatable bonds is 10. The molecule has 7 nitrogen and oxygen atoms in total. The monoisotopic (exact) mass is 282 g/mol. The Morgan fingerprint density at radius 1 is 1.35 bits per heavy atom. The average Bonchev–Trinajstić information content (AvgIpc) is 2.90. The van der Waals surface area contributed by atoms with Gasteiger partial charge in [0.25, 0.3) is 0 Å². The molecular formula is C13H22N4O3. The highest BCUT2D eigenvalue weighted by molar-refractivity contribution is 5.83. The van der Waals surface area contributed by atoms with E-state index in [9.17, 15) is 9.59 Å². The number of H-pyrrole nitrogens is 1. The Balaban J connectivity index is 2.30. The molecule has 1 heterocycles. The minimum Gasteiger partial charge on any atom is -0.480 e. The van der Waals surface area contributed by atoms with Crippen LogP contribution in [0.3, 0.4) is 0 Å². The number of carbonyl (C=O) groups is 2. The maximum Gasteiger partial charge on any atom is 0.326 e. The molecule has 0 aliphatic carbocycles. The summed E-state index contributed by atoms with van der Waals surface area (Å²) in [5.41, 5.74) is 6.06. The van der Waals surface area contributed by atoms with E-state index in [0.717, 1.165) is 25.7 Å². The van der Waals surface area contributed by atoms with E-state index in [-0.39, 0.29) is 12.3 Å². The number of hydrogen-bond donors (Lipinski definition) is 4. The van der Waals surface area contributed by atoms with Gasteiger partial charge in [-0.25, -0.2) is 9.78 Å². The summed E-state index contributed by atoms with van der Waals surface area (Å²) in [6.07, 6.45) is 7.22. The number of aliphatic carboxylic acids is 1. The summed E-state index contributed by atoms with van der Waals surface area (Å²) in [7, 11) is 0. The minimum absolute atomic E-state index is 0.203. The Hall–Kier alpha value is -1.89. The lowest BCUT2D eigenvalue weighted by Crippen LogP contribution is -2.42. The van der Waals surface area contributed by atoms with E-state index in [4.69, 9.17) is 10.8 Å². The van der Waals surface area contributed by atoms with Crippen molar-refractivity contribution >= 4 is 11.9 Å². The summed E-state index contributed by atoms with van der Waals surface area (Å²) in [6, 6.07) is -0.924. The molecule has 1 aromatic heterocycles. The molecule has 0 bridgehead atoms. The second-order valence-corrected chi connectivity index (χ2v) is 4.69. The Kier molecular flexibility index (Phi) is 7.34. The fourth-order valence-corrected chi connectivity index (χ4v) is 1.87. The van der Waals surface area contributed by atoms with Crippen molar-refractivity contribution in [3.8, 4) is 0 Å². The molecule has 0 saturated carbocycles. The predicted molar refractivity (Wildman–Crippen MR) is 74.0 cm³/mol. The quantitative estimate of drug-likeness (QED) is 0.464. The van der Waals surface area contributed by atoms with Gasteiger partial charge in [-0.15, -0.1) is 0 Å². The molecule has 1 amide bonds. The van der Waals surface area contributed by atoms with E-state index in [2.05, 4.69) is 15.3 Å². The van der Waals surface area contributed by atoms with E-state index in [1.54, 1.807) is 6.20 Å². The number of amides is 1. The molecule has 1 aromatic rings. The highest BCUT2D eigenvalue weighted by Gasteiger charge is 2.20. The summed E-state index contributed by atoms with van der Waals surface area (Å²) in [4.78, 5) is 29.5. The van der Waals surface area contributed by atoms with Crippen LogP contribution >= 0.6 is 0 Å². The SMILES string of the molecule is NCCCCCCC(=O)NC(Cc1cnc[nH]1)C(=O)O. The predicted octanol–water partition coefficient (Wildman–Crippen LogP) is 0.431. The topological polar surface area (TPSA) is 121 Å². The van der Waals surface area contributed by atoms with Crippen LogP contribution in [0.4, 0.5) is 0 Å². The van der Waals surface area contributed by atoms with Gasteiger partial charge in [-0.1, -0.05) is 12.8 Å². The van der Waals surface area contributed by atoms with Gasteiger partial charge in [-0.2, -0.15) is 0 Å². The molecule has 1 atom stereocenters. The molecule has 0 fully saturated rings. The van der Waals surface area contributed by atoms with Crippen LogP contribution in [0.1, 0.15) is 37.8 Å². The molecule has 0 radical (unpaired) electrons. The van der Waals surface area contributed by atoms with E-state index in [1.807, 2.05) is 0 Å². The third-order valence-electron chi connectivity index (χ3n) is 2.97. The largest absolute Gasteiger partial charge is 0.480 e. The number of carbonyl (C=O) groups excluding carboxylic acids is 1. The van der Waals surface area contributed by atoms with E-state index in [0.29, 0.717) is 18.7 Å². The van der Waals surface area contributed by atoms with Crippen LogP contribution in [0.15, 0.2) is 12.5 Å². The molecule has 1 rings (SSSR count). The number of aromatic nitrogens is 2. The van der Waals surface area contributed by atoms with Gasteiger partial charge in [0.1, 0.15) is 6.04 Å². The zero-order valence-corrected chi connectivity index (χ0v) is 11.5. The molecule has 0 aliphatic rings. The van der Waals surface area contributed by atoms with E-state index < -0.39 is 12.0 Å².